The number of nitrogens with zero attached hydrogens (tertiary/aromatic N) is 1. The lowest BCUT2D eigenvalue weighted by Gasteiger charge is -2.08. The molecule has 29 heavy (non-hydrogen) atoms. The van der Waals surface area contributed by atoms with Gasteiger partial charge in [-0.1, -0.05) is 34.1 Å². The second-order valence-electron chi connectivity index (χ2n) is 5.98. The first-order valence-electron chi connectivity index (χ1n) is 8.57. The van der Waals surface area contributed by atoms with Gasteiger partial charge in [-0.25, -0.2) is 18.1 Å². The Kier molecular flexibility index (Phi) is 6.63. The molecule has 0 aliphatic carbocycles. The Hall–Kier alpha value is -2.75. The van der Waals surface area contributed by atoms with Crippen molar-refractivity contribution < 1.29 is 17.9 Å². The Morgan fingerprint density at radius 2 is 1.86 bits per heavy atom. The fraction of sp³-hybridized carbons (Fsp3) is 0.100. The fourth-order valence-corrected chi connectivity index (χ4v) is 3.52. The number of benzene rings is 2. The summed E-state index contributed by atoms with van der Waals surface area (Å²) < 4.78 is 32.2. The van der Waals surface area contributed by atoms with Crippen LogP contribution in [-0.4, -0.2) is 26.4 Å². The molecule has 0 atom stereocenters. The van der Waals surface area contributed by atoms with Gasteiger partial charge in [-0.15, -0.1) is 0 Å². The van der Waals surface area contributed by atoms with Crippen LogP contribution in [0.5, 0.6) is 11.6 Å². The Bertz CT molecular complexity index is 1100. The number of carbonyl (C=O) groups excluding carboxylic acids is 1. The summed E-state index contributed by atoms with van der Waals surface area (Å²) in [5, 5.41) is 2.77. The molecule has 0 unspecified atom stereocenters. The second-order valence-corrected chi connectivity index (χ2v) is 8.78. The molecule has 9 heteroatoms. The summed E-state index contributed by atoms with van der Waals surface area (Å²) >= 11 is 3.37. The van der Waals surface area contributed by atoms with Crippen LogP contribution < -0.4 is 14.8 Å². The van der Waals surface area contributed by atoms with Gasteiger partial charge in [-0.2, -0.15) is 0 Å². The summed E-state index contributed by atoms with van der Waals surface area (Å²) in [7, 11) is -2.12. The number of ether oxygens (including phenoxy) is 1. The first-order chi connectivity index (χ1) is 13.9. The normalized spacial score (nSPS) is 11.1. The maximum atomic E-state index is 12.3. The number of hydrogen-bond donors (Lipinski definition) is 2. The quantitative estimate of drug-likeness (QED) is 0.545. The Balaban J connectivity index is 1.58. The highest BCUT2D eigenvalue weighted by Crippen LogP contribution is 2.23. The summed E-state index contributed by atoms with van der Waals surface area (Å²) in [5.74, 6) is 0.715. The van der Waals surface area contributed by atoms with Crippen LogP contribution in [-0.2, 0) is 16.6 Å². The highest BCUT2D eigenvalue weighted by Gasteiger charge is 2.11. The predicted molar refractivity (Wildman–Crippen MR) is 112 cm³/mol. The SMILES string of the molecule is CNS(=O)(=O)c1ccc(CNC(=O)c2ccc(Oc3cccc(Br)c3)nc2)cc1. The molecule has 0 aliphatic rings. The van der Waals surface area contributed by atoms with E-state index >= 15 is 0 Å². The van der Waals surface area contributed by atoms with E-state index in [0.717, 1.165) is 10.0 Å². The van der Waals surface area contributed by atoms with Gasteiger partial charge in [0, 0.05) is 23.3 Å². The van der Waals surface area contributed by atoms with Crippen LogP contribution in [0.4, 0.5) is 0 Å². The third-order valence-electron chi connectivity index (χ3n) is 3.97. The summed E-state index contributed by atoms with van der Waals surface area (Å²) in [5.41, 5.74) is 1.16. The largest absolute Gasteiger partial charge is 0.439 e. The molecule has 1 aromatic heterocycles. The standard InChI is InChI=1S/C20H18BrN3O4S/c1-22-29(26,27)18-8-5-14(6-9-18)12-24-20(25)15-7-10-19(23-13-15)28-17-4-2-3-16(21)11-17/h2-11,13,22H,12H2,1H3,(H,24,25). The summed E-state index contributed by atoms with van der Waals surface area (Å²) in [6.45, 7) is 0.259. The molecule has 3 rings (SSSR count). The minimum atomic E-state index is -3.48. The number of carbonyl (C=O) groups is 1. The van der Waals surface area contributed by atoms with Crippen molar-refractivity contribution in [2.24, 2.45) is 0 Å². The lowest BCUT2D eigenvalue weighted by molar-refractivity contribution is 0.0950. The van der Waals surface area contributed by atoms with Crippen molar-refractivity contribution in [2.45, 2.75) is 11.4 Å². The first-order valence-corrected chi connectivity index (χ1v) is 10.9. The molecule has 0 bridgehead atoms. The van der Waals surface area contributed by atoms with Crippen LogP contribution in [0.3, 0.4) is 0 Å². The van der Waals surface area contributed by atoms with Crippen LogP contribution in [0.15, 0.2) is 76.2 Å². The highest BCUT2D eigenvalue weighted by molar-refractivity contribution is 9.10. The number of hydrogen-bond acceptors (Lipinski definition) is 5. The Labute approximate surface area is 177 Å². The molecular formula is C20H18BrN3O4S. The van der Waals surface area contributed by atoms with Gasteiger partial charge >= 0.3 is 0 Å². The number of rotatable bonds is 7. The maximum absolute atomic E-state index is 12.3. The summed E-state index contributed by atoms with van der Waals surface area (Å²) in [6.07, 6.45) is 1.44. The molecule has 2 N–H and O–H groups in total. The third kappa shape index (κ3) is 5.63. The van der Waals surface area contributed by atoms with E-state index in [-0.39, 0.29) is 17.3 Å². The summed E-state index contributed by atoms with van der Waals surface area (Å²) in [4.78, 5) is 16.6. The van der Waals surface area contributed by atoms with Crippen molar-refractivity contribution in [1.29, 1.82) is 0 Å². The Morgan fingerprint density at radius 1 is 1.10 bits per heavy atom. The molecule has 1 amide bonds. The molecule has 0 saturated heterocycles. The molecule has 0 aliphatic heterocycles. The van der Waals surface area contributed by atoms with Gasteiger partial charge in [-0.05, 0) is 49.0 Å². The van der Waals surface area contributed by atoms with Gasteiger partial charge < -0.3 is 10.1 Å². The average molecular weight is 476 g/mol. The molecular weight excluding hydrogens is 458 g/mol. The van der Waals surface area contributed by atoms with E-state index in [0.29, 0.717) is 17.2 Å². The number of aromatic nitrogens is 1. The average Bonchev–Trinajstić information content (AvgIpc) is 2.73. The van der Waals surface area contributed by atoms with Gasteiger partial charge in [0.15, 0.2) is 0 Å². The van der Waals surface area contributed by atoms with Crippen LogP contribution in [0.2, 0.25) is 0 Å². The van der Waals surface area contributed by atoms with Crippen molar-refractivity contribution >= 4 is 31.9 Å². The van der Waals surface area contributed by atoms with E-state index < -0.39 is 10.0 Å². The van der Waals surface area contributed by atoms with Crippen LogP contribution >= 0.6 is 15.9 Å². The molecule has 2 aromatic carbocycles. The molecule has 150 valence electrons. The van der Waals surface area contributed by atoms with Gasteiger partial charge in [-0.3, -0.25) is 4.79 Å². The zero-order valence-corrected chi connectivity index (χ0v) is 17.8. The maximum Gasteiger partial charge on any atom is 0.253 e. The van der Waals surface area contributed by atoms with E-state index in [2.05, 4.69) is 31.0 Å². The Morgan fingerprint density at radius 3 is 2.48 bits per heavy atom. The van der Waals surface area contributed by atoms with Crippen LogP contribution in [0, 0.1) is 0 Å². The first kappa shape index (κ1) is 21.0. The number of pyridine rings is 1. The van der Waals surface area contributed by atoms with Crippen molar-refractivity contribution in [1.82, 2.24) is 15.0 Å². The van der Waals surface area contributed by atoms with Gasteiger partial charge in [0.25, 0.3) is 5.91 Å². The number of amides is 1. The van der Waals surface area contributed by atoms with E-state index in [1.54, 1.807) is 30.3 Å². The van der Waals surface area contributed by atoms with Crippen molar-refractivity contribution in [3.63, 3.8) is 0 Å². The second kappa shape index (κ2) is 9.17. The minimum Gasteiger partial charge on any atom is -0.439 e. The number of nitrogens with one attached hydrogen (secondary N) is 2. The molecule has 3 aromatic rings. The lowest BCUT2D eigenvalue weighted by Crippen LogP contribution is -2.23. The molecule has 7 nitrogen and oxygen atoms in total. The van der Waals surface area contributed by atoms with Crippen LogP contribution in [0.25, 0.3) is 0 Å². The molecule has 0 saturated carbocycles. The lowest BCUT2D eigenvalue weighted by atomic mass is 10.2. The monoisotopic (exact) mass is 475 g/mol. The molecule has 0 spiro atoms. The number of sulfonamides is 1. The fourth-order valence-electron chi connectivity index (χ4n) is 2.41. The topological polar surface area (TPSA) is 97.4 Å². The molecule has 1 heterocycles. The van der Waals surface area contributed by atoms with E-state index in [1.807, 2.05) is 18.2 Å². The predicted octanol–water partition coefficient (Wildman–Crippen LogP) is 3.47. The number of halogens is 1. The van der Waals surface area contributed by atoms with Gasteiger partial charge in [0.05, 0.1) is 10.5 Å². The van der Waals surface area contributed by atoms with E-state index in [9.17, 15) is 13.2 Å². The van der Waals surface area contributed by atoms with Crippen molar-refractivity contribution in [3.8, 4) is 11.6 Å². The van der Waals surface area contributed by atoms with E-state index in [1.165, 1.54) is 25.4 Å². The zero-order chi connectivity index (χ0) is 20.9. The van der Waals surface area contributed by atoms with Gasteiger partial charge in [0.1, 0.15) is 5.75 Å². The van der Waals surface area contributed by atoms with Crippen LogP contribution in [0.1, 0.15) is 15.9 Å². The van der Waals surface area contributed by atoms with E-state index in [4.69, 9.17) is 4.74 Å². The minimum absolute atomic E-state index is 0.167. The van der Waals surface area contributed by atoms with Crippen molar-refractivity contribution in [2.75, 3.05) is 7.05 Å². The smallest absolute Gasteiger partial charge is 0.253 e. The molecule has 0 fully saturated rings. The summed E-state index contributed by atoms with van der Waals surface area (Å²) in [6, 6.07) is 16.9. The zero-order valence-electron chi connectivity index (χ0n) is 15.4. The van der Waals surface area contributed by atoms with Gasteiger partial charge in [0.2, 0.25) is 15.9 Å². The molecule has 0 radical (unpaired) electrons. The van der Waals surface area contributed by atoms with Crippen molar-refractivity contribution in [3.05, 3.63) is 82.5 Å². The highest BCUT2D eigenvalue weighted by atomic mass is 79.9. The third-order valence-corrected chi connectivity index (χ3v) is 5.90.